The first-order valence-corrected chi connectivity index (χ1v) is 7.85. The highest BCUT2D eigenvalue weighted by Crippen LogP contribution is 2.20. The van der Waals surface area contributed by atoms with Crippen LogP contribution in [0.1, 0.15) is 11.1 Å². The van der Waals surface area contributed by atoms with Crippen molar-refractivity contribution in [3.8, 4) is 6.07 Å². The molecule has 0 heterocycles. The maximum atomic E-state index is 11.8. The summed E-state index contributed by atoms with van der Waals surface area (Å²) in [5.74, 6) is -1.40. The Morgan fingerprint density at radius 2 is 1.96 bits per heavy atom. The van der Waals surface area contributed by atoms with Gasteiger partial charge in [-0.2, -0.15) is 5.26 Å². The molecule has 0 unspecified atom stereocenters. The maximum Gasteiger partial charge on any atom is 0.331 e. The second kappa shape index (κ2) is 9.12. The van der Waals surface area contributed by atoms with Crippen molar-refractivity contribution >= 4 is 40.9 Å². The van der Waals surface area contributed by atoms with Gasteiger partial charge in [0.2, 0.25) is 0 Å². The second-order valence-corrected chi connectivity index (χ2v) is 5.58. The lowest BCUT2D eigenvalue weighted by molar-refractivity contribution is -0.384. The third-order valence-electron chi connectivity index (χ3n) is 3.24. The first kappa shape index (κ1) is 19.6. The van der Waals surface area contributed by atoms with Crippen molar-refractivity contribution < 1.29 is 19.2 Å². The molecule has 136 valence electrons. The first-order valence-electron chi connectivity index (χ1n) is 7.48. The van der Waals surface area contributed by atoms with Crippen molar-refractivity contribution in [1.82, 2.24) is 0 Å². The summed E-state index contributed by atoms with van der Waals surface area (Å²) in [7, 11) is 0. The van der Waals surface area contributed by atoms with Crippen molar-refractivity contribution in [3.63, 3.8) is 0 Å². The largest absolute Gasteiger partial charge is 0.452 e. The van der Waals surface area contributed by atoms with E-state index >= 15 is 0 Å². The van der Waals surface area contributed by atoms with E-state index in [1.54, 1.807) is 0 Å². The number of anilines is 1. The number of nitro groups is 1. The molecular formula is C18H12ClN3O5. The summed E-state index contributed by atoms with van der Waals surface area (Å²) >= 11 is 5.82. The summed E-state index contributed by atoms with van der Waals surface area (Å²) in [6.07, 6.45) is 2.49. The number of halogens is 1. The van der Waals surface area contributed by atoms with Crippen LogP contribution in [-0.2, 0) is 14.3 Å². The van der Waals surface area contributed by atoms with E-state index < -0.39 is 23.4 Å². The van der Waals surface area contributed by atoms with E-state index in [2.05, 4.69) is 5.32 Å². The Hall–Kier alpha value is -3.70. The number of esters is 1. The highest BCUT2D eigenvalue weighted by Gasteiger charge is 2.10. The molecule has 0 aliphatic carbocycles. The van der Waals surface area contributed by atoms with Gasteiger partial charge in [0.25, 0.3) is 11.6 Å². The van der Waals surface area contributed by atoms with Gasteiger partial charge in [-0.25, -0.2) is 4.79 Å². The van der Waals surface area contributed by atoms with Gasteiger partial charge in [-0.05, 0) is 42.0 Å². The highest BCUT2D eigenvalue weighted by molar-refractivity contribution is 6.31. The Kier molecular flexibility index (Phi) is 6.63. The average molecular weight is 386 g/mol. The predicted octanol–water partition coefficient (Wildman–Crippen LogP) is 3.31. The molecule has 0 atom stereocenters. The lowest BCUT2D eigenvalue weighted by atomic mass is 10.2. The summed E-state index contributed by atoms with van der Waals surface area (Å²) in [5.41, 5.74) is 0.924. The maximum absolute atomic E-state index is 11.8. The van der Waals surface area contributed by atoms with Gasteiger partial charge < -0.3 is 10.1 Å². The number of hydrogen-bond donors (Lipinski definition) is 1. The van der Waals surface area contributed by atoms with Crippen LogP contribution in [-0.4, -0.2) is 23.4 Å². The van der Waals surface area contributed by atoms with E-state index in [4.69, 9.17) is 21.6 Å². The summed E-state index contributed by atoms with van der Waals surface area (Å²) in [6.45, 7) is -0.555. The van der Waals surface area contributed by atoms with Gasteiger partial charge in [-0.15, -0.1) is 0 Å². The minimum Gasteiger partial charge on any atom is -0.452 e. The third-order valence-corrected chi connectivity index (χ3v) is 3.47. The van der Waals surface area contributed by atoms with Crippen LogP contribution >= 0.6 is 11.6 Å². The lowest BCUT2D eigenvalue weighted by Gasteiger charge is -2.07. The van der Waals surface area contributed by atoms with Crippen LogP contribution in [0.15, 0.2) is 48.5 Å². The molecule has 2 aromatic rings. The number of hydrogen-bond acceptors (Lipinski definition) is 6. The van der Waals surface area contributed by atoms with Crippen LogP contribution < -0.4 is 5.32 Å². The normalized spacial score (nSPS) is 10.2. The van der Waals surface area contributed by atoms with Crippen LogP contribution in [0.2, 0.25) is 5.02 Å². The summed E-state index contributed by atoms with van der Waals surface area (Å²) < 4.78 is 4.80. The number of benzene rings is 2. The SMILES string of the molecule is N#Cc1ccc(Cl)cc1NC(=O)COC(=O)/C=C/c1ccc([N+](=O)[O-])cc1. The number of rotatable bonds is 6. The molecule has 0 saturated carbocycles. The van der Waals surface area contributed by atoms with Gasteiger partial charge in [0.15, 0.2) is 6.61 Å². The molecule has 0 fully saturated rings. The van der Waals surface area contributed by atoms with E-state index in [9.17, 15) is 19.7 Å². The standard InChI is InChI=1S/C18H12ClN3O5/c19-14-5-4-13(10-20)16(9-14)21-17(23)11-27-18(24)8-3-12-1-6-15(7-2-12)22(25)26/h1-9H,11H2,(H,21,23)/b8-3+. The molecule has 2 aromatic carbocycles. The Morgan fingerprint density at radius 3 is 2.59 bits per heavy atom. The molecule has 0 spiro atoms. The van der Waals surface area contributed by atoms with Crippen molar-refractivity contribution in [1.29, 1.82) is 5.26 Å². The van der Waals surface area contributed by atoms with Gasteiger partial charge >= 0.3 is 5.97 Å². The zero-order valence-electron chi connectivity index (χ0n) is 13.7. The first-order chi connectivity index (χ1) is 12.9. The van der Waals surface area contributed by atoms with E-state index in [0.717, 1.165) is 6.08 Å². The molecule has 2 rings (SSSR count). The predicted molar refractivity (Wildman–Crippen MR) is 97.9 cm³/mol. The molecule has 0 aromatic heterocycles. The number of nitriles is 1. The van der Waals surface area contributed by atoms with Gasteiger partial charge in [0.05, 0.1) is 16.2 Å². The molecule has 0 saturated heterocycles. The Balaban J connectivity index is 1.88. The van der Waals surface area contributed by atoms with Gasteiger partial charge in [0.1, 0.15) is 6.07 Å². The quantitative estimate of drug-likeness (QED) is 0.352. The molecule has 0 aliphatic rings. The fourth-order valence-electron chi connectivity index (χ4n) is 1.96. The van der Waals surface area contributed by atoms with E-state index in [1.807, 2.05) is 6.07 Å². The molecular weight excluding hydrogens is 374 g/mol. The van der Waals surface area contributed by atoms with Crippen LogP contribution in [0.25, 0.3) is 6.08 Å². The monoisotopic (exact) mass is 385 g/mol. The smallest absolute Gasteiger partial charge is 0.331 e. The molecule has 1 N–H and O–H groups in total. The number of nitrogens with one attached hydrogen (secondary N) is 1. The molecule has 0 bridgehead atoms. The second-order valence-electron chi connectivity index (χ2n) is 5.14. The third kappa shape index (κ3) is 5.95. The molecule has 0 aliphatic heterocycles. The number of nitrogens with zero attached hydrogens (tertiary/aromatic N) is 2. The van der Waals surface area contributed by atoms with Crippen molar-refractivity contribution in [2.24, 2.45) is 0 Å². The molecule has 8 nitrogen and oxygen atoms in total. The van der Waals surface area contributed by atoms with Gasteiger partial charge in [0, 0.05) is 23.2 Å². The molecule has 1 amide bonds. The van der Waals surface area contributed by atoms with Crippen molar-refractivity contribution in [2.75, 3.05) is 11.9 Å². The molecule has 0 radical (unpaired) electrons. The van der Waals surface area contributed by atoms with Gasteiger partial charge in [-0.1, -0.05) is 11.6 Å². The Labute approximate surface area is 158 Å². The summed E-state index contributed by atoms with van der Waals surface area (Å²) in [4.78, 5) is 33.5. The van der Waals surface area contributed by atoms with Crippen molar-refractivity contribution in [3.05, 3.63) is 74.8 Å². The number of carbonyl (C=O) groups excluding carboxylic acids is 2. The number of non-ortho nitro benzene ring substituents is 1. The highest BCUT2D eigenvalue weighted by atomic mass is 35.5. The number of amides is 1. The average Bonchev–Trinajstić information content (AvgIpc) is 2.65. The number of carbonyl (C=O) groups is 2. The zero-order valence-corrected chi connectivity index (χ0v) is 14.5. The number of nitro benzene ring substituents is 1. The van der Waals surface area contributed by atoms with Crippen molar-refractivity contribution in [2.45, 2.75) is 0 Å². The van der Waals surface area contributed by atoms with Crippen LogP contribution in [0.5, 0.6) is 0 Å². The van der Waals surface area contributed by atoms with E-state index in [-0.39, 0.29) is 16.9 Å². The van der Waals surface area contributed by atoms with Crippen LogP contribution in [0.3, 0.4) is 0 Å². The molecule has 9 heteroatoms. The summed E-state index contributed by atoms with van der Waals surface area (Å²) in [5, 5.41) is 22.3. The van der Waals surface area contributed by atoms with Gasteiger partial charge in [-0.3, -0.25) is 14.9 Å². The van der Waals surface area contributed by atoms with Crippen LogP contribution in [0, 0.1) is 21.4 Å². The van der Waals surface area contributed by atoms with Crippen LogP contribution in [0.4, 0.5) is 11.4 Å². The topological polar surface area (TPSA) is 122 Å². The lowest BCUT2D eigenvalue weighted by Crippen LogP contribution is -2.20. The van der Waals surface area contributed by atoms with E-state index in [1.165, 1.54) is 48.5 Å². The minimum atomic E-state index is -0.768. The Morgan fingerprint density at radius 1 is 1.26 bits per heavy atom. The fraction of sp³-hybridized carbons (Fsp3) is 0.0556. The minimum absolute atomic E-state index is 0.0656. The Bertz CT molecular complexity index is 948. The molecule has 27 heavy (non-hydrogen) atoms. The van der Waals surface area contributed by atoms with E-state index in [0.29, 0.717) is 10.6 Å². The fourth-order valence-corrected chi connectivity index (χ4v) is 2.13. The summed E-state index contributed by atoms with van der Waals surface area (Å²) in [6, 6.07) is 11.8. The zero-order chi connectivity index (χ0) is 19.8. The number of ether oxygens (including phenoxy) is 1.